The molecular weight excluding hydrogens is 987 g/mol. The summed E-state index contributed by atoms with van der Waals surface area (Å²) in [6, 6.07) is -10.3. The highest BCUT2D eigenvalue weighted by atomic mass is 16.4. The number of carboxylic acid groups (broad SMARTS) is 1. The van der Waals surface area contributed by atoms with Gasteiger partial charge in [-0.2, -0.15) is 0 Å². The summed E-state index contributed by atoms with van der Waals surface area (Å²) >= 11 is 0. The second kappa shape index (κ2) is 29.6. The number of carbonyl (C=O) groups excluding carboxylic acids is 7. The Kier molecular flexibility index (Phi) is 22.8. The van der Waals surface area contributed by atoms with Crippen molar-refractivity contribution in [3.05, 3.63) is 91.1 Å². The second-order valence-electron chi connectivity index (χ2n) is 19.2. The van der Waals surface area contributed by atoms with Crippen molar-refractivity contribution in [1.82, 2.24) is 87.1 Å². The van der Waals surface area contributed by atoms with Gasteiger partial charge in [-0.25, -0.2) is 29.7 Å². The zero-order chi connectivity index (χ0) is 55.1. The highest BCUT2D eigenvalue weighted by Crippen LogP contribution is 2.12. The van der Waals surface area contributed by atoms with Crippen LogP contribution >= 0.6 is 0 Å². The van der Waals surface area contributed by atoms with Gasteiger partial charge < -0.3 is 78.7 Å². The molecule has 0 fully saturated rings. The molecule has 76 heavy (non-hydrogen) atoms. The zero-order valence-electron chi connectivity index (χ0n) is 42.9. The Morgan fingerprint density at radius 2 is 0.711 bits per heavy atom. The number of nitrogens with one attached hydrogen (secondary N) is 12. The van der Waals surface area contributed by atoms with Gasteiger partial charge >= 0.3 is 5.97 Å². The molecule has 7 amide bonds. The van der Waals surface area contributed by atoms with Crippen molar-refractivity contribution in [2.45, 2.75) is 140 Å². The largest absolute Gasteiger partial charge is 0.480 e. The Morgan fingerprint density at radius 1 is 0.434 bits per heavy atom. The van der Waals surface area contributed by atoms with Crippen LogP contribution in [0.3, 0.4) is 0 Å². The standard InChI is InChI=1S/C48H71N19O9/c1-26(2)9-33(50)41(68)62-36(11-28-16-51-21-56-28)44(71)66-38(13-30-18-53-23-58-30)45(72)63-35(10-27(3)4)42(69)64-39(14-31-19-54-24-59-31)46(73)67-40(15-32-20-55-25-60-32)47(74)65-37(12-29-17-52-22-57-29)43(70)61-34(48(75)76)7-5-6-8-49/h16-27,33-40H,5-15,49-50H2,1-4H3,(H,51,56)(H,52,57)(H,53,58)(H,54,59)(H,55,60)(H,61,70)(H,62,68)(H,63,72)(H,64,69)(H,65,74)(H,66,71)(H,67,73)(H,75,76)/t33-,34-,35-,36-,37-,38-,39-,40-/m0/s1. The number of carboxylic acids is 1. The summed E-state index contributed by atoms with van der Waals surface area (Å²) in [5.41, 5.74) is 13.7. The van der Waals surface area contributed by atoms with Gasteiger partial charge in [-0.15, -0.1) is 0 Å². The minimum atomic E-state index is -1.44. The number of imidazole rings is 5. The molecular formula is C48H71N19O9. The van der Waals surface area contributed by atoms with Gasteiger partial charge in [0.25, 0.3) is 0 Å². The number of H-pyrrole nitrogens is 5. The molecule has 0 aliphatic heterocycles. The Balaban J connectivity index is 1.38. The van der Waals surface area contributed by atoms with Crippen LogP contribution in [0.25, 0.3) is 0 Å². The lowest BCUT2D eigenvalue weighted by Crippen LogP contribution is -2.61. The Bertz CT molecular complexity index is 2570. The number of hydrogen-bond acceptors (Lipinski definition) is 15. The lowest BCUT2D eigenvalue weighted by Gasteiger charge is -2.28. The van der Waals surface area contributed by atoms with E-state index >= 15 is 0 Å². The third-order valence-electron chi connectivity index (χ3n) is 12.0. The fraction of sp³-hybridized carbons (Fsp3) is 0.521. The number of aromatic nitrogens is 10. The van der Waals surface area contributed by atoms with E-state index in [1.807, 2.05) is 27.7 Å². The predicted octanol–water partition coefficient (Wildman–Crippen LogP) is -2.16. The normalized spacial score (nSPS) is 14.5. The average Bonchev–Trinajstić information content (AvgIpc) is 4.24. The molecule has 5 aromatic heterocycles. The lowest BCUT2D eigenvalue weighted by molar-refractivity contribution is -0.142. The van der Waals surface area contributed by atoms with Crippen molar-refractivity contribution < 1.29 is 43.5 Å². The molecule has 5 rings (SSSR count). The van der Waals surface area contributed by atoms with Gasteiger partial charge in [0.15, 0.2) is 0 Å². The highest BCUT2D eigenvalue weighted by Gasteiger charge is 2.36. The molecule has 28 heteroatoms. The van der Waals surface area contributed by atoms with E-state index < -0.39 is 95.7 Å². The quantitative estimate of drug-likeness (QED) is 0.0199. The first kappa shape index (κ1) is 58.6. The van der Waals surface area contributed by atoms with Crippen LogP contribution in [-0.4, -0.2) is 157 Å². The molecule has 28 nitrogen and oxygen atoms in total. The van der Waals surface area contributed by atoms with Crippen LogP contribution in [0.2, 0.25) is 0 Å². The van der Waals surface area contributed by atoms with E-state index in [1.54, 1.807) is 6.20 Å². The van der Waals surface area contributed by atoms with Crippen LogP contribution in [0.5, 0.6) is 0 Å². The molecule has 0 unspecified atom stereocenters. The first-order chi connectivity index (χ1) is 36.4. The maximum Gasteiger partial charge on any atom is 0.326 e. The molecule has 0 saturated carbocycles. The summed E-state index contributed by atoms with van der Waals surface area (Å²) < 4.78 is 0. The number of aliphatic carboxylic acids is 1. The third kappa shape index (κ3) is 19.2. The van der Waals surface area contributed by atoms with E-state index in [1.165, 1.54) is 56.4 Å². The van der Waals surface area contributed by atoms with Gasteiger partial charge in [0.05, 0.1) is 66.1 Å². The fourth-order valence-corrected chi connectivity index (χ4v) is 8.09. The van der Waals surface area contributed by atoms with E-state index in [2.05, 4.69) is 87.1 Å². The summed E-state index contributed by atoms with van der Waals surface area (Å²) in [6.45, 7) is 7.77. The Labute approximate surface area is 437 Å². The second-order valence-corrected chi connectivity index (χ2v) is 19.2. The summed E-state index contributed by atoms with van der Waals surface area (Å²) in [5, 5.41) is 28.7. The SMILES string of the molecule is CC(C)C[C@H](NC(=O)[C@H](Cc1c[nH]cn1)NC(=O)[C@H](Cc1c[nH]cn1)NC(=O)[C@@H](N)CC(C)C)C(=O)N[C@@H](Cc1c[nH]cn1)C(=O)N[C@@H](Cc1c[nH]cn1)C(=O)N[C@@H](Cc1c[nH]cn1)C(=O)N[C@@H](CCCCN)C(=O)O. The van der Waals surface area contributed by atoms with Crippen molar-refractivity contribution in [2.24, 2.45) is 23.3 Å². The number of aromatic amines is 5. The first-order valence-electron chi connectivity index (χ1n) is 25.1. The van der Waals surface area contributed by atoms with Crippen LogP contribution in [0.15, 0.2) is 62.6 Å². The van der Waals surface area contributed by atoms with E-state index in [4.69, 9.17) is 11.5 Å². The van der Waals surface area contributed by atoms with Crippen molar-refractivity contribution in [3.8, 4) is 0 Å². The van der Waals surface area contributed by atoms with Crippen LogP contribution in [0, 0.1) is 11.8 Å². The van der Waals surface area contributed by atoms with Crippen molar-refractivity contribution in [3.63, 3.8) is 0 Å². The number of unbranched alkanes of at least 4 members (excludes halogenated alkanes) is 1. The zero-order valence-corrected chi connectivity index (χ0v) is 42.9. The molecule has 0 aromatic carbocycles. The fourth-order valence-electron chi connectivity index (χ4n) is 8.09. The van der Waals surface area contributed by atoms with Crippen LogP contribution < -0.4 is 48.7 Å². The maximum absolute atomic E-state index is 14.6. The molecule has 0 saturated heterocycles. The molecule has 0 aliphatic carbocycles. The van der Waals surface area contributed by atoms with E-state index in [0.717, 1.165) is 0 Å². The third-order valence-corrected chi connectivity index (χ3v) is 12.0. The number of carbonyl (C=O) groups is 8. The monoisotopic (exact) mass is 1060 g/mol. The molecule has 8 atom stereocenters. The Hall–Kier alpha value is -8.27. The van der Waals surface area contributed by atoms with Crippen molar-refractivity contribution >= 4 is 47.3 Å². The van der Waals surface area contributed by atoms with Crippen LogP contribution in [0.1, 0.15) is 88.3 Å². The number of nitrogens with two attached hydrogens (primary N) is 2. The van der Waals surface area contributed by atoms with Crippen molar-refractivity contribution in [1.29, 1.82) is 0 Å². The minimum absolute atomic E-state index is 0.0571. The Morgan fingerprint density at radius 3 is 0.974 bits per heavy atom. The lowest BCUT2D eigenvalue weighted by atomic mass is 10.0. The van der Waals surface area contributed by atoms with Crippen LogP contribution in [0.4, 0.5) is 0 Å². The molecule has 0 spiro atoms. The van der Waals surface area contributed by atoms with Gasteiger partial charge in [0, 0.05) is 63.1 Å². The highest BCUT2D eigenvalue weighted by molar-refractivity contribution is 5.98. The number of nitrogens with zero attached hydrogens (tertiary/aromatic N) is 5. The maximum atomic E-state index is 14.6. The molecule has 17 N–H and O–H groups in total. The average molecular weight is 1060 g/mol. The first-order valence-corrected chi connectivity index (χ1v) is 25.1. The number of amides is 7. The van der Waals surface area contributed by atoms with Gasteiger partial charge in [0.2, 0.25) is 41.4 Å². The van der Waals surface area contributed by atoms with Gasteiger partial charge in [-0.05, 0) is 50.5 Å². The molecule has 0 radical (unpaired) electrons. The molecule has 412 valence electrons. The minimum Gasteiger partial charge on any atom is -0.480 e. The number of rotatable bonds is 33. The molecule has 0 aliphatic rings. The summed E-state index contributed by atoms with van der Waals surface area (Å²) in [7, 11) is 0. The van der Waals surface area contributed by atoms with Gasteiger partial charge in [-0.3, -0.25) is 33.6 Å². The molecule has 0 bridgehead atoms. The van der Waals surface area contributed by atoms with Gasteiger partial charge in [0.1, 0.15) is 42.3 Å². The predicted molar refractivity (Wildman–Crippen MR) is 272 cm³/mol. The number of hydrogen-bond donors (Lipinski definition) is 15. The smallest absolute Gasteiger partial charge is 0.326 e. The molecule has 5 heterocycles. The molecule has 5 aromatic rings. The van der Waals surface area contributed by atoms with E-state index in [0.29, 0.717) is 54.3 Å². The topological polar surface area (TPSA) is 436 Å². The van der Waals surface area contributed by atoms with Crippen LogP contribution in [-0.2, 0) is 70.5 Å². The van der Waals surface area contributed by atoms with Crippen molar-refractivity contribution in [2.75, 3.05) is 6.54 Å². The summed E-state index contributed by atoms with van der Waals surface area (Å²) in [5.74, 6) is -6.85. The summed E-state index contributed by atoms with van der Waals surface area (Å²) in [4.78, 5) is 146. The van der Waals surface area contributed by atoms with E-state index in [9.17, 15) is 43.5 Å². The summed E-state index contributed by atoms with van der Waals surface area (Å²) in [6.07, 6.45) is 15.2. The van der Waals surface area contributed by atoms with E-state index in [-0.39, 0.29) is 56.8 Å². The van der Waals surface area contributed by atoms with Gasteiger partial charge in [-0.1, -0.05) is 27.7 Å².